The Morgan fingerprint density at radius 3 is 0.928 bits per heavy atom. The van der Waals surface area contributed by atoms with Gasteiger partial charge in [-0.25, -0.2) is 9.13 Å². The van der Waals surface area contributed by atoms with Crippen LogP contribution in [-0.4, -0.2) is 96.7 Å². The highest BCUT2D eigenvalue weighted by Crippen LogP contribution is 2.45. The smallest absolute Gasteiger partial charge is 0.462 e. The summed E-state index contributed by atoms with van der Waals surface area (Å²) in [4.78, 5) is 72.8. The Hall–Kier alpha value is -2.46. The third-order valence-electron chi connectivity index (χ3n) is 17.9. The first-order valence-electron chi connectivity index (χ1n) is 39.8. The Morgan fingerprint density at radius 2 is 0.608 bits per heavy atom. The van der Waals surface area contributed by atoms with Crippen molar-refractivity contribution >= 4 is 39.5 Å². The van der Waals surface area contributed by atoms with Crippen LogP contribution in [-0.2, 0) is 65.4 Å². The second kappa shape index (κ2) is 69.3. The Morgan fingerprint density at radius 1 is 0.340 bits per heavy atom. The highest BCUT2D eigenvalue weighted by Gasteiger charge is 2.30. The van der Waals surface area contributed by atoms with E-state index in [1.165, 1.54) is 173 Å². The van der Waals surface area contributed by atoms with E-state index in [4.69, 9.17) is 37.0 Å². The maximum Gasteiger partial charge on any atom is 0.472 e. The summed E-state index contributed by atoms with van der Waals surface area (Å²) in [6.07, 6.45) is 60.7. The molecule has 0 fully saturated rings. The van der Waals surface area contributed by atoms with Gasteiger partial charge in [-0.1, -0.05) is 329 Å². The number of allylic oxidation sites excluding steroid dienone is 4. The van der Waals surface area contributed by atoms with Crippen molar-refractivity contribution in [3.05, 3.63) is 24.3 Å². The van der Waals surface area contributed by atoms with Gasteiger partial charge in [0.15, 0.2) is 12.2 Å². The molecule has 97 heavy (non-hydrogen) atoms. The first kappa shape index (κ1) is 94.5. The number of ether oxygens (including phenoxy) is 4. The van der Waals surface area contributed by atoms with Gasteiger partial charge in [-0.2, -0.15) is 0 Å². The molecule has 0 saturated heterocycles. The summed E-state index contributed by atoms with van der Waals surface area (Å²) in [6, 6.07) is 0. The molecule has 0 spiro atoms. The number of aliphatic hydroxyl groups excluding tert-OH is 1. The van der Waals surface area contributed by atoms with Crippen LogP contribution in [0.3, 0.4) is 0 Å². The quantitative estimate of drug-likeness (QED) is 0.0169. The van der Waals surface area contributed by atoms with Crippen LogP contribution in [0.2, 0.25) is 0 Å². The lowest BCUT2D eigenvalue weighted by Crippen LogP contribution is -2.30. The predicted octanol–water partition coefficient (Wildman–Crippen LogP) is 22.7. The van der Waals surface area contributed by atoms with Gasteiger partial charge in [-0.3, -0.25) is 37.3 Å². The highest BCUT2D eigenvalue weighted by molar-refractivity contribution is 7.47. The zero-order chi connectivity index (χ0) is 71.4. The molecule has 0 aromatic rings. The van der Waals surface area contributed by atoms with E-state index in [9.17, 15) is 43.2 Å². The number of carbonyl (C=O) groups is 4. The zero-order valence-corrected chi connectivity index (χ0v) is 64.7. The third kappa shape index (κ3) is 70.4. The molecule has 3 unspecified atom stereocenters. The Labute approximate surface area is 592 Å². The SMILES string of the molecule is CCCCCC/C=C\C=C/CCCCCCCC(=O)OC[C@H](COP(=O)(O)OC[C@@H](O)COP(=O)(O)OC[C@@H](COC(=O)CCCCCCCCC(C)CC)OC(=O)CCCCCCCCCCC(C)C)OC(=O)CCCCCCCCCCCCCCCCCCCCCCC. The molecule has 0 aliphatic heterocycles. The van der Waals surface area contributed by atoms with Crippen LogP contribution in [0.1, 0.15) is 382 Å². The largest absolute Gasteiger partial charge is 0.472 e. The van der Waals surface area contributed by atoms with Crippen molar-refractivity contribution in [1.82, 2.24) is 0 Å². The molecule has 0 aliphatic rings. The molecule has 0 bridgehead atoms. The minimum Gasteiger partial charge on any atom is -0.462 e. The Bertz CT molecular complexity index is 1970. The molecule has 0 rings (SSSR count). The predicted molar refractivity (Wildman–Crippen MR) is 395 cm³/mol. The Kier molecular flexibility index (Phi) is 67.5. The molecule has 17 nitrogen and oxygen atoms in total. The molecule has 572 valence electrons. The number of carbonyl (C=O) groups excluding carboxylic acids is 4. The number of rotatable bonds is 75. The summed E-state index contributed by atoms with van der Waals surface area (Å²) < 4.78 is 68.5. The van der Waals surface area contributed by atoms with Crippen molar-refractivity contribution in [2.45, 2.75) is 400 Å². The molecule has 0 amide bonds. The maximum atomic E-state index is 13.1. The first-order chi connectivity index (χ1) is 46.9. The lowest BCUT2D eigenvalue weighted by Gasteiger charge is -2.21. The van der Waals surface area contributed by atoms with E-state index < -0.39 is 97.5 Å². The molecule has 3 N–H and O–H groups in total. The molecule has 0 heterocycles. The summed E-state index contributed by atoms with van der Waals surface area (Å²) in [5.74, 6) is -0.703. The molecule has 6 atom stereocenters. The number of unbranched alkanes of at least 4 members (excludes halogenated alkanes) is 41. The van der Waals surface area contributed by atoms with Crippen LogP contribution in [0.25, 0.3) is 0 Å². The Balaban J connectivity index is 5.24. The summed E-state index contributed by atoms with van der Waals surface area (Å²) in [5, 5.41) is 10.6. The minimum absolute atomic E-state index is 0.101. The van der Waals surface area contributed by atoms with Crippen molar-refractivity contribution < 1.29 is 80.2 Å². The fourth-order valence-electron chi connectivity index (χ4n) is 11.4. The lowest BCUT2D eigenvalue weighted by atomic mass is 10.00. The van der Waals surface area contributed by atoms with Crippen molar-refractivity contribution in [2.24, 2.45) is 11.8 Å². The van der Waals surface area contributed by atoms with Crippen molar-refractivity contribution in [3.8, 4) is 0 Å². The third-order valence-corrected chi connectivity index (χ3v) is 19.8. The van der Waals surface area contributed by atoms with Gasteiger partial charge in [0.1, 0.15) is 19.3 Å². The van der Waals surface area contributed by atoms with Gasteiger partial charge < -0.3 is 33.8 Å². The second-order valence-electron chi connectivity index (χ2n) is 28.1. The van der Waals surface area contributed by atoms with Gasteiger partial charge in [0.2, 0.25) is 0 Å². The molecule has 0 radical (unpaired) electrons. The number of hydrogen-bond acceptors (Lipinski definition) is 15. The molecule has 0 aliphatic carbocycles. The van der Waals surface area contributed by atoms with E-state index in [0.717, 1.165) is 121 Å². The lowest BCUT2D eigenvalue weighted by molar-refractivity contribution is -0.161. The van der Waals surface area contributed by atoms with Crippen LogP contribution >= 0.6 is 15.6 Å². The van der Waals surface area contributed by atoms with E-state index in [0.29, 0.717) is 31.6 Å². The van der Waals surface area contributed by atoms with E-state index in [2.05, 4.69) is 65.8 Å². The number of esters is 4. The van der Waals surface area contributed by atoms with Crippen LogP contribution < -0.4 is 0 Å². The maximum absolute atomic E-state index is 13.1. The fraction of sp³-hybridized carbons (Fsp3) is 0.897. The number of hydrogen-bond donors (Lipinski definition) is 3. The standard InChI is InChI=1S/C78H148O17P2/c1-7-10-12-14-16-18-20-22-24-25-26-27-28-29-31-33-35-37-42-50-56-62-77(82)94-73(66-88-75(80)60-54-48-41-36-34-32-30-23-21-19-17-15-13-11-8-2)68-92-96(84,85)90-64-72(79)65-91-97(86,87)93-69-74(67-89-76(81)61-55-49-45-44-47-53-59-71(6)9-3)95-78(83)63-57-51-43-39-38-40-46-52-58-70(4)5/h19,21,23,30,70-74,79H,7-18,20,22,24-29,31-69H2,1-6H3,(H,84,85)(H,86,87)/b21-19-,30-23-/t71?,72-,73-,74-/m1/s1. The van der Waals surface area contributed by atoms with Crippen LogP contribution in [0.15, 0.2) is 24.3 Å². The molecule has 19 heteroatoms. The summed E-state index contributed by atoms with van der Waals surface area (Å²) in [6.45, 7) is 9.45. The van der Waals surface area contributed by atoms with E-state index in [1.807, 2.05) is 0 Å². The first-order valence-corrected chi connectivity index (χ1v) is 42.8. The van der Waals surface area contributed by atoms with Gasteiger partial charge in [0.25, 0.3) is 0 Å². The normalized spacial score (nSPS) is 14.4. The average molecular weight is 1420 g/mol. The average Bonchev–Trinajstić information content (AvgIpc) is 3.26. The minimum atomic E-state index is -4.97. The summed E-state index contributed by atoms with van der Waals surface area (Å²) >= 11 is 0. The zero-order valence-electron chi connectivity index (χ0n) is 62.9. The van der Waals surface area contributed by atoms with Crippen LogP contribution in [0.4, 0.5) is 0 Å². The highest BCUT2D eigenvalue weighted by atomic mass is 31.2. The number of phosphoric ester groups is 2. The van der Waals surface area contributed by atoms with Gasteiger partial charge >= 0.3 is 39.5 Å². The molecule has 0 aromatic carbocycles. The van der Waals surface area contributed by atoms with Crippen LogP contribution in [0.5, 0.6) is 0 Å². The van der Waals surface area contributed by atoms with Gasteiger partial charge in [-0.05, 0) is 63.2 Å². The van der Waals surface area contributed by atoms with E-state index in [1.54, 1.807) is 0 Å². The number of aliphatic hydroxyl groups is 1. The molecular weight excluding hydrogens is 1270 g/mol. The van der Waals surface area contributed by atoms with Crippen molar-refractivity contribution in [3.63, 3.8) is 0 Å². The van der Waals surface area contributed by atoms with Gasteiger partial charge in [-0.15, -0.1) is 0 Å². The summed E-state index contributed by atoms with van der Waals surface area (Å²) in [5.41, 5.74) is 0. The second-order valence-corrected chi connectivity index (χ2v) is 31.0. The summed E-state index contributed by atoms with van der Waals surface area (Å²) in [7, 11) is -9.92. The monoisotopic (exact) mass is 1420 g/mol. The van der Waals surface area contributed by atoms with Gasteiger partial charge in [0, 0.05) is 25.7 Å². The molecule has 0 saturated carbocycles. The fourth-order valence-corrected chi connectivity index (χ4v) is 13.0. The van der Waals surface area contributed by atoms with E-state index >= 15 is 0 Å². The van der Waals surface area contributed by atoms with Crippen molar-refractivity contribution in [1.29, 1.82) is 0 Å². The molecule has 0 aromatic heterocycles. The number of phosphoric acid groups is 2. The molecular formula is C78H148O17P2. The van der Waals surface area contributed by atoms with Crippen LogP contribution in [0, 0.1) is 11.8 Å². The topological polar surface area (TPSA) is 237 Å². The van der Waals surface area contributed by atoms with Gasteiger partial charge in [0.05, 0.1) is 26.4 Å². The van der Waals surface area contributed by atoms with E-state index in [-0.39, 0.29) is 25.7 Å². The van der Waals surface area contributed by atoms with Crippen molar-refractivity contribution in [2.75, 3.05) is 39.6 Å².